The number of carbonyl (C=O) groups excluding carboxylic acids is 2. The van der Waals surface area contributed by atoms with Gasteiger partial charge < -0.3 is 15.4 Å². The fourth-order valence-corrected chi connectivity index (χ4v) is 2.88. The zero-order valence-corrected chi connectivity index (χ0v) is 13.1. The predicted molar refractivity (Wildman–Crippen MR) is 85.0 cm³/mol. The lowest BCUT2D eigenvalue weighted by Gasteiger charge is -2.33. The molecule has 6 heteroatoms. The number of ether oxygens (including phenoxy) is 1. The average Bonchev–Trinajstić information content (AvgIpc) is 2.99. The highest BCUT2D eigenvalue weighted by Crippen LogP contribution is 2.34. The summed E-state index contributed by atoms with van der Waals surface area (Å²) in [5.41, 5.74) is 0.0291. The van der Waals surface area contributed by atoms with Crippen LogP contribution < -0.4 is 15.4 Å². The SMILES string of the molecule is Cc1ccc2c(c1)NC(=O)[C@](C)(C(=O)NCc1cccs1)O2. The topological polar surface area (TPSA) is 67.4 Å². The number of anilines is 1. The summed E-state index contributed by atoms with van der Waals surface area (Å²) < 4.78 is 5.70. The lowest BCUT2D eigenvalue weighted by molar-refractivity contribution is -0.146. The third-order valence-corrected chi connectivity index (χ3v) is 4.44. The van der Waals surface area contributed by atoms with Crippen LogP contribution in [0.25, 0.3) is 0 Å². The van der Waals surface area contributed by atoms with E-state index in [1.54, 1.807) is 17.4 Å². The van der Waals surface area contributed by atoms with Crippen LogP contribution in [0.3, 0.4) is 0 Å². The molecule has 2 heterocycles. The molecule has 0 spiro atoms. The van der Waals surface area contributed by atoms with Gasteiger partial charge in [0.2, 0.25) is 0 Å². The minimum absolute atomic E-state index is 0.378. The molecule has 1 aliphatic rings. The second-order valence-electron chi connectivity index (χ2n) is 5.35. The molecule has 1 aromatic carbocycles. The van der Waals surface area contributed by atoms with Crippen molar-refractivity contribution in [3.05, 3.63) is 46.2 Å². The molecular weight excluding hydrogens is 300 g/mol. The predicted octanol–water partition coefficient (Wildman–Crippen LogP) is 2.46. The van der Waals surface area contributed by atoms with Crippen LogP contribution in [0.2, 0.25) is 0 Å². The molecule has 1 atom stereocenters. The molecule has 0 aliphatic carbocycles. The fourth-order valence-electron chi connectivity index (χ4n) is 2.24. The van der Waals surface area contributed by atoms with E-state index in [2.05, 4.69) is 10.6 Å². The van der Waals surface area contributed by atoms with Crippen molar-refractivity contribution in [1.29, 1.82) is 0 Å². The molecule has 0 bridgehead atoms. The van der Waals surface area contributed by atoms with Crippen LogP contribution in [0.1, 0.15) is 17.4 Å². The van der Waals surface area contributed by atoms with E-state index in [1.165, 1.54) is 6.92 Å². The van der Waals surface area contributed by atoms with Crippen LogP contribution in [-0.4, -0.2) is 17.4 Å². The Hall–Kier alpha value is -2.34. The van der Waals surface area contributed by atoms with E-state index >= 15 is 0 Å². The molecule has 0 fully saturated rings. The van der Waals surface area contributed by atoms with Crippen molar-refractivity contribution in [2.75, 3.05) is 5.32 Å². The number of amides is 2. The normalized spacial score (nSPS) is 19.8. The average molecular weight is 316 g/mol. The number of hydrogen-bond acceptors (Lipinski definition) is 4. The van der Waals surface area contributed by atoms with Crippen molar-refractivity contribution >= 4 is 28.8 Å². The van der Waals surface area contributed by atoms with Gasteiger partial charge in [-0.15, -0.1) is 11.3 Å². The van der Waals surface area contributed by atoms with Gasteiger partial charge in [0, 0.05) is 4.88 Å². The van der Waals surface area contributed by atoms with E-state index in [0.29, 0.717) is 18.0 Å². The summed E-state index contributed by atoms with van der Waals surface area (Å²) in [6.45, 7) is 3.78. The Morgan fingerprint density at radius 2 is 2.23 bits per heavy atom. The Balaban J connectivity index is 1.78. The molecule has 2 amide bonds. The summed E-state index contributed by atoms with van der Waals surface area (Å²) in [5.74, 6) is -0.419. The number of carbonyl (C=O) groups is 2. The summed E-state index contributed by atoms with van der Waals surface area (Å²) in [6, 6.07) is 9.29. The summed E-state index contributed by atoms with van der Waals surface area (Å²) in [7, 11) is 0. The van der Waals surface area contributed by atoms with Crippen molar-refractivity contribution in [2.45, 2.75) is 26.0 Å². The molecule has 1 aromatic heterocycles. The maximum atomic E-state index is 12.4. The van der Waals surface area contributed by atoms with Crippen molar-refractivity contribution in [1.82, 2.24) is 5.32 Å². The molecule has 2 N–H and O–H groups in total. The molecule has 0 unspecified atom stereocenters. The minimum atomic E-state index is -1.57. The highest BCUT2D eigenvalue weighted by molar-refractivity contribution is 7.09. The molecule has 3 rings (SSSR count). The van der Waals surface area contributed by atoms with Gasteiger partial charge in [-0.3, -0.25) is 9.59 Å². The van der Waals surface area contributed by atoms with E-state index < -0.39 is 17.4 Å². The number of rotatable bonds is 3. The van der Waals surface area contributed by atoms with Gasteiger partial charge in [-0.1, -0.05) is 12.1 Å². The maximum Gasteiger partial charge on any atom is 0.278 e. The lowest BCUT2D eigenvalue weighted by Crippen LogP contribution is -2.58. The zero-order chi connectivity index (χ0) is 15.7. The van der Waals surface area contributed by atoms with Gasteiger partial charge in [0.25, 0.3) is 17.4 Å². The first-order chi connectivity index (χ1) is 10.5. The smallest absolute Gasteiger partial charge is 0.278 e. The second-order valence-corrected chi connectivity index (χ2v) is 6.38. The van der Waals surface area contributed by atoms with Gasteiger partial charge >= 0.3 is 0 Å². The van der Waals surface area contributed by atoms with Crippen LogP contribution in [0.5, 0.6) is 5.75 Å². The van der Waals surface area contributed by atoms with E-state index in [1.807, 2.05) is 36.6 Å². The highest BCUT2D eigenvalue weighted by Gasteiger charge is 2.47. The summed E-state index contributed by atoms with van der Waals surface area (Å²) >= 11 is 1.55. The van der Waals surface area contributed by atoms with E-state index in [4.69, 9.17) is 4.74 Å². The largest absolute Gasteiger partial charge is 0.466 e. The van der Waals surface area contributed by atoms with Gasteiger partial charge in [0.15, 0.2) is 0 Å². The molecule has 0 saturated carbocycles. The van der Waals surface area contributed by atoms with Crippen LogP contribution in [0.15, 0.2) is 35.7 Å². The third-order valence-electron chi connectivity index (χ3n) is 3.57. The summed E-state index contributed by atoms with van der Waals surface area (Å²) in [5, 5.41) is 7.43. The molecule has 5 nitrogen and oxygen atoms in total. The molecule has 114 valence electrons. The van der Waals surface area contributed by atoms with Crippen LogP contribution in [0.4, 0.5) is 5.69 Å². The lowest BCUT2D eigenvalue weighted by atomic mass is 10.0. The first kappa shape index (κ1) is 14.6. The summed E-state index contributed by atoms with van der Waals surface area (Å²) in [4.78, 5) is 25.7. The first-order valence-corrected chi connectivity index (χ1v) is 7.79. The third kappa shape index (κ3) is 2.57. The Bertz CT molecular complexity index is 727. The van der Waals surface area contributed by atoms with E-state index in [9.17, 15) is 9.59 Å². The molecule has 1 aliphatic heterocycles. The van der Waals surface area contributed by atoms with Crippen LogP contribution in [-0.2, 0) is 16.1 Å². The van der Waals surface area contributed by atoms with Gasteiger partial charge in [0.1, 0.15) is 5.75 Å². The van der Waals surface area contributed by atoms with Crippen molar-refractivity contribution < 1.29 is 14.3 Å². The minimum Gasteiger partial charge on any atom is -0.466 e. The fraction of sp³-hybridized carbons (Fsp3) is 0.250. The molecule has 22 heavy (non-hydrogen) atoms. The molecular formula is C16H16N2O3S. The van der Waals surface area contributed by atoms with Gasteiger partial charge in [-0.05, 0) is 43.0 Å². The first-order valence-electron chi connectivity index (χ1n) is 6.91. The van der Waals surface area contributed by atoms with Crippen molar-refractivity contribution in [3.63, 3.8) is 0 Å². The van der Waals surface area contributed by atoms with Gasteiger partial charge in [-0.2, -0.15) is 0 Å². The number of thiophene rings is 1. The Labute approximate surface area is 132 Å². The quantitative estimate of drug-likeness (QED) is 0.855. The van der Waals surface area contributed by atoms with Crippen LogP contribution in [0, 0.1) is 6.92 Å². The second kappa shape index (κ2) is 5.46. The monoisotopic (exact) mass is 316 g/mol. The van der Waals surface area contributed by atoms with E-state index in [-0.39, 0.29) is 0 Å². The van der Waals surface area contributed by atoms with Gasteiger partial charge in [-0.25, -0.2) is 0 Å². The molecule has 0 radical (unpaired) electrons. The van der Waals surface area contributed by atoms with Crippen molar-refractivity contribution in [3.8, 4) is 5.75 Å². The molecule has 2 aromatic rings. The Morgan fingerprint density at radius 1 is 1.41 bits per heavy atom. The Kier molecular flexibility index (Phi) is 3.62. The van der Waals surface area contributed by atoms with Crippen LogP contribution >= 0.6 is 11.3 Å². The van der Waals surface area contributed by atoms with Gasteiger partial charge in [0.05, 0.1) is 12.2 Å². The number of aryl methyl sites for hydroxylation is 1. The van der Waals surface area contributed by atoms with E-state index in [0.717, 1.165) is 10.4 Å². The Morgan fingerprint density at radius 3 is 2.95 bits per heavy atom. The number of benzene rings is 1. The number of nitrogens with one attached hydrogen (secondary N) is 2. The number of fused-ring (bicyclic) bond motifs is 1. The summed E-state index contributed by atoms with van der Waals surface area (Å²) in [6.07, 6.45) is 0. The molecule has 0 saturated heterocycles. The zero-order valence-electron chi connectivity index (χ0n) is 12.3. The maximum absolute atomic E-state index is 12.4. The highest BCUT2D eigenvalue weighted by atomic mass is 32.1. The number of hydrogen-bond donors (Lipinski definition) is 2. The standard InChI is InChI=1S/C16H16N2O3S/c1-10-5-6-13-12(8-10)18-15(20)16(2,21-13)14(19)17-9-11-4-3-7-22-11/h3-8H,9H2,1-2H3,(H,17,19)(H,18,20)/t16-/m0/s1. The van der Waals surface area contributed by atoms with Crippen molar-refractivity contribution in [2.24, 2.45) is 0 Å².